The van der Waals surface area contributed by atoms with E-state index in [9.17, 15) is 9.59 Å². The van der Waals surface area contributed by atoms with Crippen LogP contribution in [-0.2, 0) is 0 Å². The first-order chi connectivity index (χ1) is 11.6. The summed E-state index contributed by atoms with van der Waals surface area (Å²) in [6.45, 7) is 6.55. The molecule has 1 aromatic rings. The molecule has 2 aliphatic heterocycles. The number of amides is 3. The van der Waals surface area contributed by atoms with E-state index in [1.165, 1.54) is 0 Å². The van der Waals surface area contributed by atoms with Crippen LogP contribution in [0.4, 0.5) is 10.5 Å². The highest BCUT2D eigenvalue weighted by molar-refractivity contribution is 6.34. The van der Waals surface area contributed by atoms with Crippen molar-refractivity contribution in [3.8, 4) is 0 Å². The van der Waals surface area contributed by atoms with Gasteiger partial charge in [0.2, 0.25) is 0 Å². The molecule has 0 radical (unpaired) electrons. The molecule has 8 heteroatoms. The van der Waals surface area contributed by atoms with Gasteiger partial charge in [-0.3, -0.25) is 14.6 Å². The van der Waals surface area contributed by atoms with Crippen LogP contribution in [0, 0.1) is 0 Å². The number of nitrogens with zero attached hydrogens (tertiary/aromatic N) is 2. The molecule has 0 atom stereocenters. The van der Waals surface area contributed by atoms with Gasteiger partial charge in [-0.25, -0.2) is 4.79 Å². The van der Waals surface area contributed by atoms with Crippen LogP contribution in [0.5, 0.6) is 0 Å². The van der Waals surface area contributed by atoms with Crippen LogP contribution in [0.3, 0.4) is 0 Å². The van der Waals surface area contributed by atoms with Gasteiger partial charge in [-0.15, -0.1) is 0 Å². The maximum Gasteiger partial charge on any atom is 0.321 e. The topological polar surface area (TPSA) is 76.7 Å². The van der Waals surface area contributed by atoms with Crippen LogP contribution in [0.2, 0.25) is 5.02 Å². The third kappa shape index (κ3) is 3.98. The van der Waals surface area contributed by atoms with Gasteiger partial charge in [-0.2, -0.15) is 0 Å². The van der Waals surface area contributed by atoms with Crippen molar-refractivity contribution in [1.82, 2.24) is 20.9 Å². The Morgan fingerprint density at radius 2 is 2.00 bits per heavy atom. The van der Waals surface area contributed by atoms with E-state index < -0.39 is 0 Å². The highest BCUT2D eigenvalue weighted by Gasteiger charge is 2.22. The minimum Gasteiger partial charge on any atom is -0.351 e. The highest BCUT2D eigenvalue weighted by atomic mass is 35.5. The van der Waals surface area contributed by atoms with Gasteiger partial charge in [0.15, 0.2) is 0 Å². The summed E-state index contributed by atoms with van der Waals surface area (Å²) >= 11 is 6.16. The second-order valence-electron chi connectivity index (χ2n) is 5.90. The van der Waals surface area contributed by atoms with E-state index in [1.54, 1.807) is 23.1 Å². The molecular formula is C16H22ClN5O2. The van der Waals surface area contributed by atoms with E-state index in [0.717, 1.165) is 32.7 Å². The molecule has 0 bridgehead atoms. The number of hydrogen-bond donors (Lipinski definition) is 3. The number of carbonyl (C=O) groups excluding carboxylic acids is 2. The summed E-state index contributed by atoms with van der Waals surface area (Å²) in [6, 6.07) is 4.94. The summed E-state index contributed by atoms with van der Waals surface area (Å²) in [7, 11) is 0. The van der Waals surface area contributed by atoms with E-state index in [0.29, 0.717) is 35.9 Å². The van der Waals surface area contributed by atoms with Crippen molar-refractivity contribution < 1.29 is 9.59 Å². The SMILES string of the molecule is O=C(NCCN1CCNCC1)c1cc(N2CCNC2=O)ccc1Cl. The van der Waals surface area contributed by atoms with E-state index in [4.69, 9.17) is 11.6 Å². The number of piperazine rings is 1. The normalized spacial score (nSPS) is 18.5. The third-order valence-electron chi connectivity index (χ3n) is 4.29. The van der Waals surface area contributed by atoms with Crippen molar-refractivity contribution in [1.29, 1.82) is 0 Å². The summed E-state index contributed by atoms with van der Waals surface area (Å²) in [4.78, 5) is 28.1. The Morgan fingerprint density at radius 3 is 2.71 bits per heavy atom. The van der Waals surface area contributed by atoms with Gasteiger partial charge < -0.3 is 16.0 Å². The minimum absolute atomic E-state index is 0.151. The first-order valence-electron chi connectivity index (χ1n) is 8.21. The molecule has 0 aromatic heterocycles. The molecule has 24 heavy (non-hydrogen) atoms. The average Bonchev–Trinajstić information content (AvgIpc) is 3.02. The van der Waals surface area contributed by atoms with Gasteiger partial charge >= 0.3 is 6.03 Å². The fourth-order valence-corrected chi connectivity index (χ4v) is 3.13. The highest BCUT2D eigenvalue weighted by Crippen LogP contribution is 2.24. The molecule has 0 aliphatic carbocycles. The van der Waals surface area contributed by atoms with Crippen molar-refractivity contribution >= 4 is 29.2 Å². The number of urea groups is 1. The van der Waals surface area contributed by atoms with Gasteiger partial charge in [-0.05, 0) is 18.2 Å². The minimum atomic E-state index is -0.211. The second-order valence-corrected chi connectivity index (χ2v) is 6.30. The van der Waals surface area contributed by atoms with Crippen molar-refractivity contribution in [2.75, 3.05) is 57.3 Å². The maximum atomic E-state index is 12.4. The molecule has 3 rings (SSSR count). The van der Waals surface area contributed by atoms with Crippen LogP contribution >= 0.6 is 11.6 Å². The lowest BCUT2D eigenvalue weighted by molar-refractivity contribution is 0.0947. The molecule has 2 heterocycles. The van der Waals surface area contributed by atoms with Gasteiger partial charge in [0.25, 0.3) is 5.91 Å². The van der Waals surface area contributed by atoms with Crippen molar-refractivity contribution in [3.05, 3.63) is 28.8 Å². The van der Waals surface area contributed by atoms with E-state index in [-0.39, 0.29) is 11.9 Å². The van der Waals surface area contributed by atoms with Crippen LogP contribution in [0.25, 0.3) is 0 Å². The van der Waals surface area contributed by atoms with Crippen LogP contribution < -0.4 is 20.9 Å². The fourth-order valence-electron chi connectivity index (χ4n) is 2.93. The molecule has 3 amide bonds. The summed E-state index contributed by atoms with van der Waals surface area (Å²) in [6.07, 6.45) is 0. The van der Waals surface area contributed by atoms with Gasteiger partial charge in [0.05, 0.1) is 10.6 Å². The zero-order chi connectivity index (χ0) is 16.9. The van der Waals surface area contributed by atoms with Crippen LogP contribution in [0.15, 0.2) is 18.2 Å². The molecule has 7 nitrogen and oxygen atoms in total. The number of halogens is 1. The number of nitrogens with one attached hydrogen (secondary N) is 3. The standard InChI is InChI=1S/C16H22ClN5O2/c17-14-2-1-12(22-10-6-20-16(22)24)11-13(14)15(23)19-5-9-21-7-3-18-4-8-21/h1-2,11,18H,3-10H2,(H,19,23)(H,20,24). The van der Waals surface area contributed by atoms with E-state index in [2.05, 4.69) is 20.9 Å². The van der Waals surface area contributed by atoms with Crippen molar-refractivity contribution in [3.63, 3.8) is 0 Å². The smallest absolute Gasteiger partial charge is 0.321 e. The summed E-state index contributed by atoms with van der Waals surface area (Å²) < 4.78 is 0. The molecule has 0 spiro atoms. The molecule has 1 aromatic carbocycles. The molecule has 0 saturated carbocycles. The molecule has 3 N–H and O–H groups in total. The van der Waals surface area contributed by atoms with Gasteiger partial charge in [0.1, 0.15) is 0 Å². The Morgan fingerprint density at radius 1 is 1.21 bits per heavy atom. The summed E-state index contributed by atoms with van der Waals surface area (Å²) in [5.74, 6) is -0.211. The van der Waals surface area contributed by atoms with Crippen LogP contribution in [-0.4, -0.2) is 69.2 Å². The lowest BCUT2D eigenvalue weighted by Gasteiger charge is -2.27. The Bertz CT molecular complexity index is 618. The molecule has 2 saturated heterocycles. The summed E-state index contributed by atoms with van der Waals surface area (Å²) in [5, 5.41) is 9.34. The zero-order valence-corrected chi connectivity index (χ0v) is 14.2. The number of benzene rings is 1. The molecular weight excluding hydrogens is 330 g/mol. The third-order valence-corrected chi connectivity index (χ3v) is 4.62. The summed E-state index contributed by atoms with van der Waals surface area (Å²) in [5.41, 5.74) is 1.08. The lowest BCUT2D eigenvalue weighted by atomic mass is 10.1. The number of anilines is 1. The molecule has 2 aliphatic rings. The van der Waals surface area contributed by atoms with Crippen LogP contribution in [0.1, 0.15) is 10.4 Å². The van der Waals surface area contributed by atoms with E-state index >= 15 is 0 Å². The first kappa shape index (κ1) is 17.0. The number of hydrogen-bond acceptors (Lipinski definition) is 4. The largest absolute Gasteiger partial charge is 0.351 e. The molecule has 0 unspecified atom stereocenters. The number of rotatable bonds is 5. The second kappa shape index (κ2) is 7.83. The quantitative estimate of drug-likeness (QED) is 0.722. The fraction of sp³-hybridized carbons (Fsp3) is 0.500. The lowest BCUT2D eigenvalue weighted by Crippen LogP contribution is -2.46. The number of carbonyl (C=O) groups is 2. The van der Waals surface area contributed by atoms with Crippen molar-refractivity contribution in [2.24, 2.45) is 0 Å². The predicted molar refractivity (Wildman–Crippen MR) is 93.8 cm³/mol. The van der Waals surface area contributed by atoms with Crippen molar-refractivity contribution in [2.45, 2.75) is 0 Å². The zero-order valence-electron chi connectivity index (χ0n) is 13.5. The predicted octanol–water partition coefficient (Wildman–Crippen LogP) is 0.505. The maximum absolute atomic E-state index is 12.4. The Balaban J connectivity index is 1.60. The van der Waals surface area contributed by atoms with Gasteiger partial charge in [-0.1, -0.05) is 11.6 Å². The Labute approximate surface area is 146 Å². The Hall–Kier alpha value is -1.83. The van der Waals surface area contributed by atoms with Gasteiger partial charge in [0, 0.05) is 58.0 Å². The monoisotopic (exact) mass is 351 g/mol. The van der Waals surface area contributed by atoms with E-state index in [1.807, 2.05) is 0 Å². The average molecular weight is 352 g/mol. The first-order valence-corrected chi connectivity index (χ1v) is 8.59. The molecule has 2 fully saturated rings. The molecule has 130 valence electrons. The Kier molecular flexibility index (Phi) is 5.55.